The van der Waals surface area contributed by atoms with Crippen molar-refractivity contribution in [2.75, 3.05) is 7.11 Å². The maximum absolute atomic E-state index is 12.5. The lowest BCUT2D eigenvalue weighted by molar-refractivity contribution is -0.670. The molecule has 2 heterocycles. The number of rotatable bonds is 5. The van der Waals surface area contributed by atoms with Gasteiger partial charge in [-0.25, -0.2) is 14.8 Å². The van der Waals surface area contributed by atoms with Crippen LogP contribution in [0.25, 0.3) is 28.7 Å². The fourth-order valence-electron chi connectivity index (χ4n) is 2.91. The Kier molecular flexibility index (Phi) is 5.19. The van der Waals surface area contributed by atoms with E-state index in [0.29, 0.717) is 28.1 Å². The molecule has 10 heteroatoms. The molecule has 0 aliphatic heterocycles. The van der Waals surface area contributed by atoms with Gasteiger partial charge in [0.05, 0.1) is 12.6 Å². The van der Waals surface area contributed by atoms with E-state index in [-0.39, 0.29) is 5.82 Å². The molecule has 4 rings (SSSR count). The standard InChI is InChI=1S/C21H16N4O6/c1-12(26)30-17-7-3-13(9-18(17)29-2)4-8-19-22-16-6-5-14(10-15(16)21(28)23-19)25-11-20(27)31-24-25/h3-11H,1-2H3,(H-,22,23,24,27,28)/b8-4-. The second kappa shape index (κ2) is 8.11. The van der Waals surface area contributed by atoms with E-state index in [2.05, 4.69) is 19.8 Å². The molecule has 0 aliphatic rings. The number of aromatic nitrogens is 4. The number of nitrogens with one attached hydrogen (secondary N) is 1. The highest BCUT2D eigenvalue weighted by molar-refractivity contribution is 5.85. The lowest BCUT2D eigenvalue weighted by Gasteiger charge is -2.10. The molecule has 1 N–H and O–H groups in total. The van der Waals surface area contributed by atoms with Crippen molar-refractivity contribution < 1.29 is 28.6 Å². The van der Waals surface area contributed by atoms with Gasteiger partial charge < -0.3 is 14.6 Å². The van der Waals surface area contributed by atoms with Gasteiger partial charge in [0.15, 0.2) is 17.3 Å². The van der Waals surface area contributed by atoms with Crippen LogP contribution in [0.1, 0.15) is 18.3 Å². The quantitative estimate of drug-likeness (QED) is 0.291. The predicted molar refractivity (Wildman–Crippen MR) is 107 cm³/mol. The summed E-state index contributed by atoms with van der Waals surface area (Å²) in [6.45, 7) is 1.31. The molecule has 31 heavy (non-hydrogen) atoms. The Hall–Kier alpha value is -4.47. The van der Waals surface area contributed by atoms with Crippen LogP contribution in [0.5, 0.6) is 17.4 Å². The number of H-pyrrole nitrogens is 1. The smallest absolute Gasteiger partial charge is 0.427 e. The van der Waals surface area contributed by atoms with E-state index in [9.17, 15) is 14.7 Å². The van der Waals surface area contributed by atoms with Crippen LogP contribution in [0, 0.1) is 0 Å². The second-order valence-corrected chi connectivity index (χ2v) is 6.44. The van der Waals surface area contributed by atoms with Crippen molar-refractivity contribution in [3.8, 4) is 23.1 Å². The van der Waals surface area contributed by atoms with E-state index < -0.39 is 17.5 Å². The number of aromatic amines is 1. The zero-order valence-corrected chi connectivity index (χ0v) is 16.5. The molecule has 0 spiro atoms. The molecule has 0 bridgehead atoms. The monoisotopic (exact) mass is 420 g/mol. The van der Waals surface area contributed by atoms with E-state index in [1.54, 1.807) is 48.6 Å². The zero-order valence-electron chi connectivity index (χ0n) is 16.5. The number of hydrogen-bond acceptors (Lipinski definition) is 8. The Morgan fingerprint density at radius 3 is 2.71 bits per heavy atom. The van der Waals surface area contributed by atoms with Crippen molar-refractivity contribution in [2.24, 2.45) is 0 Å². The number of benzene rings is 2. The minimum absolute atomic E-state index is 0.234. The van der Waals surface area contributed by atoms with E-state index >= 15 is 0 Å². The summed E-state index contributed by atoms with van der Waals surface area (Å²) in [6.07, 6.45) is 4.52. The average molecular weight is 420 g/mol. The highest BCUT2D eigenvalue weighted by atomic mass is 16.6. The summed E-state index contributed by atoms with van der Waals surface area (Å²) < 4.78 is 16.3. The highest BCUT2D eigenvalue weighted by Gasteiger charge is 2.12. The zero-order chi connectivity index (χ0) is 22.0. The van der Waals surface area contributed by atoms with Crippen molar-refractivity contribution in [3.63, 3.8) is 0 Å². The topological polar surface area (TPSA) is 134 Å². The largest absolute Gasteiger partial charge is 0.858 e. The summed E-state index contributed by atoms with van der Waals surface area (Å²) >= 11 is 0. The van der Waals surface area contributed by atoms with Gasteiger partial charge in [0.2, 0.25) is 5.69 Å². The summed E-state index contributed by atoms with van der Waals surface area (Å²) in [6, 6.07) is 9.93. The van der Waals surface area contributed by atoms with Crippen molar-refractivity contribution in [1.82, 2.24) is 15.2 Å². The van der Waals surface area contributed by atoms with Gasteiger partial charge >= 0.3 is 11.6 Å². The van der Waals surface area contributed by atoms with Gasteiger partial charge in [0.25, 0.3) is 6.20 Å². The first-order valence-electron chi connectivity index (χ1n) is 9.07. The number of carbonyl (C=O) groups is 1. The second-order valence-electron chi connectivity index (χ2n) is 6.44. The Bertz CT molecular complexity index is 1370. The first kappa shape index (κ1) is 19.8. The Morgan fingerprint density at radius 2 is 2.00 bits per heavy atom. The van der Waals surface area contributed by atoms with Gasteiger partial charge in [0, 0.05) is 24.4 Å². The summed E-state index contributed by atoms with van der Waals surface area (Å²) in [5.41, 5.74) is 1.18. The van der Waals surface area contributed by atoms with Crippen LogP contribution < -0.4 is 24.9 Å². The van der Waals surface area contributed by atoms with Crippen LogP contribution in [0.4, 0.5) is 0 Å². The summed E-state index contributed by atoms with van der Waals surface area (Å²) in [5.74, 6) is 0.0281. The third-order valence-electron chi connectivity index (χ3n) is 4.29. The van der Waals surface area contributed by atoms with Crippen LogP contribution in [0.2, 0.25) is 0 Å². The van der Waals surface area contributed by atoms with Crippen LogP contribution in [-0.2, 0) is 4.79 Å². The molecule has 0 saturated heterocycles. The molecule has 0 unspecified atom stereocenters. The third kappa shape index (κ3) is 4.27. The van der Waals surface area contributed by atoms with Crippen LogP contribution >= 0.6 is 0 Å². The maximum atomic E-state index is 12.5. The van der Waals surface area contributed by atoms with Crippen molar-refractivity contribution >= 4 is 29.0 Å². The first-order chi connectivity index (χ1) is 14.9. The highest BCUT2D eigenvalue weighted by Crippen LogP contribution is 2.29. The number of methoxy groups -OCH3 is 1. The minimum Gasteiger partial charge on any atom is -0.858 e. The Morgan fingerprint density at radius 1 is 1.16 bits per heavy atom. The predicted octanol–water partition coefficient (Wildman–Crippen LogP) is 1.37. The lowest BCUT2D eigenvalue weighted by atomic mass is 10.1. The number of hydrogen-bond donors (Lipinski definition) is 1. The van der Waals surface area contributed by atoms with Gasteiger partial charge in [-0.3, -0.25) is 9.32 Å². The normalized spacial score (nSPS) is 11.2. The van der Waals surface area contributed by atoms with Gasteiger partial charge in [-0.2, -0.15) is 0 Å². The SMILES string of the molecule is COc1cc(/C=C\c2nc([O-])c3cc(-[n+]4cc(=O)o[nH]4)ccc3n2)ccc1OC(C)=O. The van der Waals surface area contributed by atoms with Gasteiger partial charge in [0.1, 0.15) is 0 Å². The Balaban J connectivity index is 1.63. The summed E-state index contributed by atoms with van der Waals surface area (Å²) in [7, 11) is 1.47. The molecule has 0 radical (unpaired) electrons. The van der Waals surface area contributed by atoms with E-state index in [0.717, 1.165) is 5.56 Å². The molecule has 4 aromatic rings. The number of ether oxygens (including phenoxy) is 2. The Labute approximate surface area is 175 Å². The molecule has 2 aromatic heterocycles. The molecule has 10 nitrogen and oxygen atoms in total. The number of nitrogens with zero attached hydrogens (tertiary/aromatic N) is 3. The van der Waals surface area contributed by atoms with E-state index in [1.165, 1.54) is 24.9 Å². The van der Waals surface area contributed by atoms with E-state index in [1.807, 2.05) is 0 Å². The number of carbonyl (C=O) groups excluding carboxylic acids is 1. The first-order valence-corrected chi connectivity index (χ1v) is 9.07. The summed E-state index contributed by atoms with van der Waals surface area (Å²) in [5, 5.41) is 15.2. The molecule has 0 amide bonds. The van der Waals surface area contributed by atoms with Crippen molar-refractivity contribution in [3.05, 3.63) is 64.4 Å². The van der Waals surface area contributed by atoms with Crippen molar-refractivity contribution in [2.45, 2.75) is 6.92 Å². The molecule has 0 atom stereocenters. The molecule has 2 aromatic carbocycles. The van der Waals surface area contributed by atoms with E-state index in [4.69, 9.17) is 9.47 Å². The molecule has 0 saturated carbocycles. The van der Waals surface area contributed by atoms with Crippen molar-refractivity contribution in [1.29, 1.82) is 0 Å². The number of esters is 1. The molecule has 0 fully saturated rings. The number of fused-ring (bicyclic) bond motifs is 1. The summed E-state index contributed by atoms with van der Waals surface area (Å²) in [4.78, 5) is 30.7. The molecular weight excluding hydrogens is 404 g/mol. The minimum atomic E-state index is -0.545. The fraction of sp³-hybridized carbons (Fsp3) is 0.0952. The van der Waals surface area contributed by atoms with Gasteiger partial charge in [-0.05, 0) is 45.7 Å². The molecular formula is C21H16N4O6. The van der Waals surface area contributed by atoms with Crippen LogP contribution in [-0.4, -0.2) is 28.3 Å². The van der Waals surface area contributed by atoms with Gasteiger partial charge in [-0.15, -0.1) is 0 Å². The fourth-order valence-corrected chi connectivity index (χ4v) is 2.91. The van der Waals surface area contributed by atoms with Crippen LogP contribution in [0.15, 0.2) is 51.9 Å². The third-order valence-corrected chi connectivity index (χ3v) is 4.29. The molecule has 0 aliphatic carbocycles. The maximum Gasteiger partial charge on any atom is 0.427 e. The average Bonchev–Trinajstić information content (AvgIpc) is 3.18. The van der Waals surface area contributed by atoms with Crippen LogP contribution in [0.3, 0.4) is 0 Å². The lowest BCUT2D eigenvalue weighted by Crippen LogP contribution is -2.32. The van der Waals surface area contributed by atoms with Gasteiger partial charge in [-0.1, -0.05) is 12.1 Å². The molecule has 156 valence electrons.